The first-order chi connectivity index (χ1) is 7.53. The van der Waals surface area contributed by atoms with Crippen molar-refractivity contribution < 1.29 is 4.74 Å². The maximum atomic E-state index is 5.46. The van der Waals surface area contributed by atoms with Gasteiger partial charge in [0.05, 0.1) is 6.61 Å². The largest absolute Gasteiger partial charge is 0.384 e. The second-order valence-electron chi connectivity index (χ2n) is 5.35. The Labute approximate surface area is 102 Å². The highest BCUT2D eigenvalue weighted by atomic mass is 16.5. The van der Waals surface area contributed by atoms with E-state index in [1.807, 2.05) is 7.11 Å². The van der Waals surface area contributed by atoms with Crippen LogP contribution in [0.3, 0.4) is 0 Å². The van der Waals surface area contributed by atoms with Crippen molar-refractivity contribution >= 4 is 0 Å². The maximum absolute atomic E-state index is 5.46. The van der Waals surface area contributed by atoms with Crippen LogP contribution in [0.25, 0.3) is 0 Å². The summed E-state index contributed by atoms with van der Waals surface area (Å²) >= 11 is 0. The highest BCUT2D eigenvalue weighted by Gasteiger charge is 2.30. The molecule has 0 rings (SSSR count). The lowest BCUT2D eigenvalue weighted by Gasteiger charge is -2.38. The van der Waals surface area contributed by atoms with E-state index < -0.39 is 0 Å². The highest BCUT2D eigenvalue weighted by molar-refractivity contribution is 4.82. The number of methoxy groups -OCH3 is 1. The average Bonchev–Trinajstić information content (AvgIpc) is 2.25. The molecule has 0 aliphatic heterocycles. The van der Waals surface area contributed by atoms with E-state index in [-0.39, 0.29) is 0 Å². The van der Waals surface area contributed by atoms with Crippen molar-refractivity contribution in [2.75, 3.05) is 33.4 Å². The molecule has 0 fully saturated rings. The van der Waals surface area contributed by atoms with Crippen molar-refractivity contribution in [2.45, 2.75) is 47.5 Å². The molecule has 0 heterocycles. The van der Waals surface area contributed by atoms with Crippen molar-refractivity contribution in [1.29, 1.82) is 0 Å². The van der Waals surface area contributed by atoms with Crippen LogP contribution in [0.1, 0.15) is 47.5 Å². The molecule has 0 aromatic carbocycles. The molecule has 1 unspecified atom stereocenters. The molecule has 0 radical (unpaired) electrons. The first-order valence-electron chi connectivity index (χ1n) is 6.74. The number of hydrogen-bond donors (Lipinski definition) is 0. The van der Waals surface area contributed by atoms with Gasteiger partial charge in [0.1, 0.15) is 0 Å². The summed E-state index contributed by atoms with van der Waals surface area (Å²) in [5.74, 6) is 0.741. The zero-order chi connectivity index (χ0) is 12.6. The number of hydrogen-bond acceptors (Lipinski definition) is 2. The minimum absolute atomic E-state index is 0.342. The van der Waals surface area contributed by atoms with E-state index >= 15 is 0 Å². The van der Waals surface area contributed by atoms with E-state index in [0.29, 0.717) is 5.41 Å². The summed E-state index contributed by atoms with van der Waals surface area (Å²) in [4.78, 5) is 2.52. The third-order valence-electron chi connectivity index (χ3n) is 3.50. The molecule has 0 saturated heterocycles. The van der Waals surface area contributed by atoms with E-state index in [0.717, 1.165) is 25.6 Å². The molecular formula is C14H31NO. The van der Waals surface area contributed by atoms with Crippen LogP contribution in [0.5, 0.6) is 0 Å². The smallest absolute Gasteiger partial charge is 0.0530 e. The van der Waals surface area contributed by atoms with E-state index in [9.17, 15) is 0 Å². The van der Waals surface area contributed by atoms with Crippen molar-refractivity contribution in [3.63, 3.8) is 0 Å². The lowest BCUT2D eigenvalue weighted by molar-refractivity contribution is 0.0289. The summed E-state index contributed by atoms with van der Waals surface area (Å²) in [6.45, 7) is 15.7. The Morgan fingerprint density at radius 3 is 2.00 bits per heavy atom. The summed E-state index contributed by atoms with van der Waals surface area (Å²) in [5.41, 5.74) is 0.342. The van der Waals surface area contributed by atoms with Gasteiger partial charge in [0, 0.05) is 19.1 Å². The van der Waals surface area contributed by atoms with E-state index in [2.05, 4.69) is 39.5 Å². The Morgan fingerprint density at radius 2 is 1.69 bits per heavy atom. The van der Waals surface area contributed by atoms with Gasteiger partial charge in [-0.3, -0.25) is 0 Å². The molecule has 0 bridgehead atoms. The van der Waals surface area contributed by atoms with Crippen molar-refractivity contribution in [3.8, 4) is 0 Å². The minimum Gasteiger partial charge on any atom is -0.384 e. The van der Waals surface area contributed by atoms with Crippen molar-refractivity contribution in [3.05, 3.63) is 0 Å². The third kappa shape index (κ3) is 5.31. The predicted octanol–water partition coefficient (Wildman–Crippen LogP) is 3.42. The molecule has 1 atom stereocenters. The van der Waals surface area contributed by atoms with Gasteiger partial charge in [-0.15, -0.1) is 0 Å². The lowest BCUT2D eigenvalue weighted by Crippen LogP contribution is -2.41. The summed E-state index contributed by atoms with van der Waals surface area (Å²) < 4.78 is 5.46. The Bertz CT molecular complexity index is 166. The van der Waals surface area contributed by atoms with Crippen LogP contribution in [0.15, 0.2) is 0 Å². The quantitative estimate of drug-likeness (QED) is 0.601. The second-order valence-corrected chi connectivity index (χ2v) is 5.35. The SMILES string of the molecule is CCN(CC)CC(CC)(COC)CC(C)C. The van der Waals surface area contributed by atoms with Crippen molar-refractivity contribution in [2.24, 2.45) is 11.3 Å². The zero-order valence-corrected chi connectivity index (χ0v) is 12.2. The average molecular weight is 229 g/mol. The third-order valence-corrected chi connectivity index (χ3v) is 3.50. The van der Waals surface area contributed by atoms with E-state index in [4.69, 9.17) is 4.74 Å². The maximum Gasteiger partial charge on any atom is 0.0530 e. The molecule has 2 nitrogen and oxygen atoms in total. The van der Waals surface area contributed by atoms with Crippen molar-refractivity contribution in [1.82, 2.24) is 4.90 Å². The fourth-order valence-corrected chi connectivity index (χ4v) is 2.62. The molecule has 0 aliphatic carbocycles. The number of ether oxygens (including phenoxy) is 1. The zero-order valence-electron chi connectivity index (χ0n) is 12.2. The van der Waals surface area contributed by atoms with Gasteiger partial charge in [-0.1, -0.05) is 34.6 Å². The van der Waals surface area contributed by atoms with Crippen LogP contribution in [0.2, 0.25) is 0 Å². The fraction of sp³-hybridized carbons (Fsp3) is 1.00. The van der Waals surface area contributed by atoms with Crippen LogP contribution in [0.4, 0.5) is 0 Å². The summed E-state index contributed by atoms with van der Waals surface area (Å²) in [6.07, 6.45) is 2.46. The van der Waals surface area contributed by atoms with Gasteiger partial charge in [-0.05, 0) is 31.8 Å². The van der Waals surface area contributed by atoms with E-state index in [1.54, 1.807) is 0 Å². The van der Waals surface area contributed by atoms with Crippen LogP contribution >= 0.6 is 0 Å². The Kier molecular flexibility index (Phi) is 8.04. The van der Waals surface area contributed by atoms with Gasteiger partial charge in [-0.2, -0.15) is 0 Å². The number of rotatable bonds is 9. The van der Waals surface area contributed by atoms with Gasteiger partial charge < -0.3 is 9.64 Å². The van der Waals surface area contributed by atoms with Gasteiger partial charge in [0.25, 0.3) is 0 Å². The Hall–Kier alpha value is -0.0800. The summed E-state index contributed by atoms with van der Waals surface area (Å²) in [5, 5.41) is 0. The topological polar surface area (TPSA) is 12.5 Å². The molecule has 98 valence electrons. The molecule has 0 aromatic rings. The Balaban J connectivity index is 4.59. The molecule has 16 heavy (non-hydrogen) atoms. The molecule has 2 heteroatoms. The van der Waals surface area contributed by atoms with Crippen LogP contribution in [-0.2, 0) is 4.74 Å². The summed E-state index contributed by atoms with van der Waals surface area (Å²) in [6, 6.07) is 0. The predicted molar refractivity (Wildman–Crippen MR) is 71.8 cm³/mol. The van der Waals surface area contributed by atoms with Crippen LogP contribution in [-0.4, -0.2) is 38.3 Å². The molecule has 0 N–H and O–H groups in total. The lowest BCUT2D eigenvalue weighted by atomic mass is 9.78. The van der Waals surface area contributed by atoms with Gasteiger partial charge in [-0.25, -0.2) is 0 Å². The summed E-state index contributed by atoms with van der Waals surface area (Å²) in [7, 11) is 1.83. The fourth-order valence-electron chi connectivity index (χ4n) is 2.62. The van der Waals surface area contributed by atoms with Gasteiger partial charge in [0.2, 0.25) is 0 Å². The second kappa shape index (κ2) is 8.08. The Morgan fingerprint density at radius 1 is 1.12 bits per heavy atom. The molecule has 0 aromatic heterocycles. The minimum atomic E-state index is 0.342. The normalized spacial score (nSPS) is 15.8. The van der Waals surface area contributed by atoms with Crippen LogP contribution < -0.4 is 0 Å². The first-order valence-corrected chi connectivity index (χ1v) is 6.74. The molecule has 0 amide bonds. The van der Waals surface area contributed by atoms with E-state index in [1.165, 1.54) is 19.4 Å². The molecule has 0 spiro atoms. The molecule has 0 saturated carbocycles. The monoisotopic (exact) mass is 229 g/mol. The van der Waals surface area contributed by atoms with Gasteiger partial charge >= 0.3 is 0 Å². The molecular weight excluding hydrogens is 198 g/mol. The van der Waals surface area contributed by atoms with Gasteiger partial charge in [0.15, 0.2) is 0 Å². The van der Waals surface area contributed by atoms with Crippen LogP contribution in [0, 0.1) is 11.3 Å². The molecule has 0 aliphatic rings. The highest BCUT2D eigenvalue weighted by Crippen LogP contribution is 2.31. The first kappa shape index (κ1) is 15.9. The number of nitrogens with zero attached hydrogens (tertiary/aromatic N) is 1. The standard InChI is InChI=1S/C14H31NO/c1-7-14(12-16-6,10-13(4)5)11-15(8-2)9-3/h13H,7-12H2,1-6H3.